The van der Waals surface area contributed by atoms with E-state index in [2.05, 4.69) is 195 Å². The average molecular weight is 723 g/mol. The Hall–Kier alpha value is -6.78. The van der Waals surface area contributed by atoms with Crippen molar-refractivity contribution in [1.82, 2.24) is 0 Å². The molecule has 56 heavy (non-hydrogen) atoms. The molecule has 0 N–H and O–H groups in total. The molecule has 12 rings (SSSR count). The number of benzene rings is 8. The Morgan fingerprint density at radius 2 is 0.696 bits per heavy atom. The van der Waals surface area contributed by atoms with Gasteiger partial charge in [-0.15, -0.1) is 0 Å². The molecular weight excluding hydrogens is 685 g/mol. The van der Waals surface area contributed by atoms with E-state index in [1.807, 2.05) is 0 Å². The summed E-state index contributed by atoms with van der Waals surface area (Å²) >= 11 is 0. The molecule has 0 atom stereocenters. The number of anilines is 6. The van der Waals surface area contributed by atoms with E-state index in [1.165, 1.54) is 55.8 Å². The monoisotopic (exact) mass is 722 g/mol. The second-order valence-corrected chi connectivity index (χ2v) is 16.5. The summed E-state index contributed by atoms with van der Waals surface area (Å²) in [6.45, 7) is 9.46. The van der Waals surface area contributed by atoms with E-state index in [4.69, 9.17) is 8.83 Å². The van der Waals surface area contributed by atoms with Crippen LogP contribution < -0.4 is 9.80 Å². The molecule has 0 bridgehead atoms. The topological polar surface area (TPSA) is 32.8 Å². The van der Waals surface area contributed by atoms with Crippen molar-refractivity contribution in [2.75, 3.05) is 9.80 Å². The number of rotatable bonds is 2. The third-order valence-electron chi connectivity index (χ3n) is 12.8. The zero-order valence-electron chi connectivity index (χ0n) is 31.7. The molecule has 268 valence electrons. The average Bonchev–Trinajstić information content (AvgIpc) is 3.80. The van der Waals surface area contributed by atoms with Crippen LogP contribution in [0.4, 0.5) is 34.1 Å². The van der Waals surface area contributed by atoms with Crippen LogP contribution in [0.25, 0.3) is 54.6 Å². The van der Waals surface area contributed by atoms with Gasteiger partial charge in [0.05, 0.1) is 22.7 Å². The summed E-state index contributed by atoms with van der Waals surface area (Å²) in [5.74, 6) is 0. The molecule has 2 aliphatic rings. The predicted molar refractivity (Wildman–Crippen MR) is 232 cm³/mol. The van der Waals surface area contributed by atoms with Crippen LogP contribution in [-0.2, 0) is 10.8 Å². The molecule has 4 heterocycles. The summed E-state index contributed by atoms with van der Waals surface area (Å²) in [7, 11) is 0. The minimum Gasteiger partial charge on any atom is -0.456 e. The fraction of sp³-hybridized carbons (Fsp3) is 0.115. The Labute approximate surface area is 324 Å². The van der Waals surface area contributed by atoms with Crippen molar-refractivity contribution in [1.29, 1.82) is 0 Å². The second-order valence-electron chi connectivity index (χ2n) is 16.5. The number of hydrogen-bond acceptors (Lipinski definition) is 4. The molecule has 0 fully saturated rings. The maximum absolute atomic E-state index is 6.81. The fourth-order valence-electron chi connectivity index (χ4n) is 10.4. The van der Waals surface area contributed by atoms with Crippen molar-refractivity contribution < 1.29 is 8.83 Å². The van der Waals surface area contributed by atoms with Crippen LogP contribution in [0.5, 0.6) is 0 Å². The highest BCUT2D eigenvalue weighted by Gasteiger charge is 2.41. The molecule has 2 aliphatic heterocycles. The van der Waals surface area contributed by atoms with Crippen molar-refractivity contribution in [2.24, 2.45) is 0 Å². The summed E-state index contributed by atoms with van der Waals surface area (Å²) in [5.41, 5.74) is 15.1. The van der Waals surface area contributed by atoms with Crippen LogP contribution in [0.2, 0.25) is 0 Å². The molecule has 4 heteroatoms. The Bertz CT molecular complexity index is 3040. The predicted octanol–water partition coefficient (Wildman–Crippen LogP) is 14.9. The van der Waals surface area contributed by atoms with Crippen molar-refractivity contribution in [3.05, 3.63) is 180 Å². The van der Waals surface area contributed by atoms with Gasteiger partial charge in [0.2, 0.25) is 0 Å². The molecule has 0 saturated heterocycles. The van der Waals surface area contributed by atoms with Gasteiger partial charge in [-0.2, -0.15) is 0 Å². The van der Waals surface area contributed by atoms with E-state index in [0.29, 0.717) is 0 Å². The molecule has 4 nitrogen and oxygen atoms in total. The standard InChI is InChI=1S/C52H38N2O2/c1-51(2)35-19-11-13-21-37(35)53(31-15-7-5-8-16-31)39-25-29-43-47(49(39)51)45-33-23-28-42-46(34(33)24-27-41(45)55-43)48-44(56-42)30-26-40-50(48)52(3,4)36-20-12-14-22-38(36)54(40)32-17-9-6-10-18-32/h5-30H,1-4H3. The van der Waals surface area contributed by atoms with Crippen LogP contribution in [0.3, 0.4) is 0 Å². The number of nitrogens with zero attached hydrogens (tertiary/aromatic N) is 2. The van der Waals surface area contributed by atoms with Gasteiger partial charge < -0.3 is 18.6 Å². The van der Waals surface area contributed by atoms with Crippen LogP contribution in [-0.4, -0.2) is 0 Å². The lowest BCUT2D eigenvalue weighted by Crippen LogP contribution is -2.30. The van der Waals surface area contributed by atoms with Crippen LogP contribution in [0, 0.1) is 0 Å². The largest absolute Gasteiger partial charge is 0.456 e. The normalized spacial score (nSPS) is 15.4. The van der Waals surface area contributed by atoms with Gasteiger partial charge in [-0.3, -0.25) is 0 Å². The third-order valence-corrected chi connectivity index (χ3v) is 12.8. The van der Waals surface area contributed by atoms with E-state index >= 15 is 0 Å². The SMILES string of the molecule is CC1(C)c2ccccc2N(c2ccccc2)c2ccc3oc4ccc5c(ccc6oc7ccc8c(c7c65)C(C)(C)c5ccccc5N8c5ccccc5)c4c3c21. The minimum atomic E-state index is -0.306. The first-order valence-electron chi connectivity index (χ1n) is 19.5. The van der Waals surface area contributed by atoms with Gasteiger partial charge in [0.15, 0.2) is 0 Å². The van der Waals surface area contributed by atoms with Crippen molar-refractivity contribution in [3.63, 3.8) is 0 Å². The van der Waals surface area contributed by atoms with Crippen molar-refractivity contribution in [3.8, 4) is 0 Å². The van der Waals surface area contributed by atoms with Crippen molar-refractivity contribution >= 4 is 88.8 Å². The van der Waals surface area contributed by atoms with E-state index in [-0.39, 0.29) is 10.8 Å². The van der Waals surface area contributed by atoms with Gasteiger partial charge in [0.25, 0.3) is 0 Å². The first-order chi connectivity index (χ1) is 27.3. The number of hydrogen-bond donors (Lipinski definition) is 0. The molecule has 8 aromatic carbocycles. The number of fused-ring (bicyclic) bond motifs is 15. The lowest BCUT2D eigenvalue weighted by atomic mass is 9.71. The number of para-hydroxylation sites is 4. The summed E-state index contributed by atoms with van der Waals surface area (Å²) in [6, 6.07) is 56.8. The first kappa shape index (κ1) is 31.6. The van der Waals surface area contributed by atoms with Gasteiger partial charge in [-0.25, -0.2) is 0 Å². The maximum atomic E-state index is 6.81. The Kier molecular flexibility index (Phi) is 6.15. The maximum Gasteiger partial charge on any atom is 0.136 e. The molecular formula is C52H38N2O2. The van der Waals surface area contributed by atoms with Gasteiger partial charge in [-0.05, 0) is 118 Å². The molecule has 0 aliphatic carbocycles. The summed E-state index contributed by atoms with van der Waals surface area (Å²) in [4.78, 5) is 4.84. The Balaban J connectivity index is 1.20. The second kappa shape index (κ2) is 10.9. The summed E-state index contributed by atoms with van der Waals surface area (Å²) in [6.07, 6.45) is 0. The van der Waals surface area contributed by atoms with Crippen LogP contribution in [0.1, 0.15) is 49.9 Å². The van der Waals surface area contributed by atoms with Crippen LogP contribution >= 0.6 is 0 Å². The quantitative estimate of drug-likeness (QED) is 0.178. The molecule has 2 aromatic heterocycles. The smallest absolute Gasteiger partial charge is 0.136 e. The molecule has 0 spiro atoms. The fourth-order valence-corrected chi connectivity index (χ4v) is 10.4. The Morgan fingerprint density at radius 1 is 0.339 bits per heavy atom. The molecule has 0 unspecified atom stereocenters. The van der Waals surface area contributed by atoms with Gasteiger partial charge in [-0.1, -0.05) is 100 Å². The first-order valence-corrected chi connectivity index (χ1v) is 19.5. The zero-order valence-corrected chi connectivity index (χ0v) is 31.7. The van der Waals surface area contributed by atoms with E-state index in [1.54, 1.807) is 0 Å². The third kappa shape index (κ3) is 3.98. The zero-order chi connectivity index (χ0) is 37.5. The minimum absolute atomic E-state index is 0.306. The van der Waals surface area contributed by atoms with Gasteiger partial charge >= 0.3 is 0 Å². The molecule has 0 radical (unpaired) electrons. The van der Waals surface area contributed by atoms with Crippen LogP contribution in [0.15, 0.2) is 167 Å². The summed E-state index contributed by atoms with van der Waals surface area (Å²) < 4.78 is 13.6. The highest BCUT2D eigenvalue weighted by Crippen LogP contribution is 2.58. The van der Waals surface area contributed by atoms with E-state index in [9.17, 15) is 0 Å². The van der Waals surface area contributed by atoms with E-state index < -0.39 is 0 Å². The van der Waals surface area contributed by atoms with E-state index in [0.717, 1.165) is 55.3 Å². The van der Waals surface area contributed by atoms with Crippen molar-refractivity contribution in [2.45, 2.75) is 38.5 Å². The van der Waals surface area contributed by atoms with Gasteiger partial charge in [0.1, 0.15) is 22.3 Å². The lowest BCUT2D eigenvalue weighted by molar-refractivity contribution is 0.634. The summed E-state index contributed by atoms with van der Waals surface area (Å²) in [5, 5.41) is 6.96. The molecule has 0 amide bonds. The lowest BCUT2D eigenvalue weighted by Gasteiger charge is -2.42. The molecule has 10 aromatic rings. The Morgan fingerprint density at radius 3 is 1.12 bits per heavy atom. The highest BCUT2D eigenvalue weighted by molar-refractivity contribution is 6.29. The van der Waals surface area contributed by atoms with Gasteiger partial charge in [0, 0.05) is 43.7 Å². The highest BCUT2D eigenvalue weighted by atomic mass is 16.3. The number of furan rings is 2. The molecule has 0 saturated carbocycles.